The third-order valence-corrected chi connectivity index (χ3v) is 5.29. The van der Waals surface area contributed by atoms with Crippen LogP contribution in [0.2, 0.25) is 0 Å². The number of rotatable bonds is 4. The zero-order valence-corrected chi connectivity index (χ0v) is 8.31. The minimum Gasteiger partial charge on any atom is -0.329 e. The van der Waals surface area contributed by atoms with Crippen molar-refractivity contribution in [1.29, 1.82) is 0 Å². The molecule has 0 bridgehead atoms. The molecule has 0 aliphatic heterocycles. The second-order valence-electron chi connectivity index (χ2n) is 2.49. The van der Waals surface area contributed by atoms with Crippen LogP contribution in [0.5, 0.6) is 0 Å². The van der Waals surface area contributed by atoms with Gasteiger partial charge in [-0.25, -0.2) is 0 Å². The van der Waals surface area contributed by atoms with Crippen LogP contribution in [0, 0.1) is 0 Å². The molecule has 0 aliphatic rings. The molecule has 0 unspecified atom stereocenters. The van der Waals surface area contributed by atoms with Gasteiger partial charge in [-0.15, -0.1) is 0 Å². The largest absolute Gasteiger partial charge is 0.342 e. The molecule has 0 fully saturated rings. The summed E-state index contributed by atoms with van der Waals surface area (Å²) in [5.74, 6) is 0. The molecule has 80 valence electrons. The Bertz CT molecular complexity index is 235. The molecular formula is C3H12N2O6P2. The fraction of sp³-hybridized carbons (Fsp3) is 1.00. The second-order valence-corrected chi connectivity index (χ2v) is 6.37. The van der Waals surface area contributed by atoms with E-state index in [-0.39, 0.29) is 0 Å². The van der Waals surface area contributed by atoms with E-state index in [0.717, 1.165) is 0 Å². The van der Waals surface area contributed by atoms with Gasteiger partial charge in [-0.05, 0) is 0 Å². The Morgan fingerprint density at radius 2 is 1.38 bits per heavy atom. The van der Waals surface area contributed by atoms with E-state index in [2.05, 4.69) is 0 Å². The first-order valence-electron chi connectivity index (χ1n) is 3.16. The molecule has 1 atom stereocenters. The predicted molar refractivity (Wildman–Crippen MR) is 44.9 cm³/mol. The highest BCUT2D eigenvalue weighted by molar-refractivity contribution is 7.71. The zero-order valence-electron chi connectivity index (χ0n) is 6.52. The lowest BCUT2D eigenvalue weighted by atomic mass is 10.4. The standard InChI is InChI=1S/C3H12N2O6P2/c4-1-2(5)3(12(6,7)8)13(9,10)11/h2-3H,1,4-5H2,(H2,6,7,8)(H2,9,10,11)/t2-/m0/s1. The van der Waals surface area contributed by atoms with E-state index in [4.69, 9.17) is 31.0 Å². The molecular weight excluding hydrogens is 222 g/mol. The van der Waals surface area contributed by atoms with E-state index >= 15 is 0 Å². The van der Waals surface area contributed by atoms with E-state index in [1.54, 1.807) is 0 Å². The predicted octanol–water partition coefficient (Wildman–Crippen LogP) is -2.05. The van der Waals surface area contributed by atoms with E-state index < -0.39 is 33.2 Å². The average Bonchev–Trinajstić information content (AvgIpc) is 1.80. The van der Waals surface area contributed by atoms with Crippen LogP contribution < -0.4 is 11.5 Å². The summed E-state index contributed by atoms with van der Waals surface area (Å²) in [6.45, 7) is -0.416. The van der Waals surface area contributed by atoms with Gasteiger partial charge in [0.05, 0.1) is 0 Å². The van der Waals surface area contributed by atoms with Crippen LogP contribution >= 0.6 is 15.2 Å². The van der Waals surface area contributed by atoms with Crippen LogP contribution in [0.4, 0.5) is 0 Å². The molecule has 0 rings (SSSR count). The zero-order chi connectivity index (χ0) is 10.9. The molecule has 0 heterocycles. The maximum atomic E-state index is 10.6. The second kappa shape index (κ2) is 4.16. The first-order valence-corrected chi connectivity index (χ1v) is 6.53. The van der Waals surface area contributed by atoms with Crippen molar-refractivity contribution in [2.75, 3.05) is 6.54 Å². The van der Waals surface area contributed by atoms with Crippen molar-refractivity contribution in [1.82, 2.24) is 0 Å². The van der Waals surface area contributed by atoms with Crippen molar-refractivity contribution in [3.8, 4) is 0 Å². The molecule has 8 N–H and O–H groups in total. The lowest BCUT2D eigenvalue weighted by Gasteiger charge is -2.23. The van der Waals surface area contributed by atoms with Gasteiger partial charge in [0.15, 0.2) is 5.40 Å². The van der Waals surface area contributed by atoms with Crippen LogP contribution in [0.25, 0.3) is 0 Å². The van der Waals surface area contributed by atoms with Crippen LogP contribution in [0.1, 0.15) is 0 Å². The highest BCUT2D eigenvalue weighted by Crippen LogP contribution is 2.60. The van der Waals surface area contributed by atoms with Crippen molar-refractivity contribution >= 4 is 15.2 Å². The van der Waals surface area contributed by atoms with Gasteiger partial charge >= 0.3 is 15.2 Å². The number of nitrogens with two attached hydrogens (primary N) is 2. The molecule has 0 radical (unpaired) electrons. The normalized spacial score (nSPS) is 16.2. The van der Waals surface area contributed by atoms with Crippen LogP contribution in [0.15, 0.2) is 0 Å². The summed E-state index contributed by atoms with van der Waals surface area (Å²) < 4.78 is 21.3. The van der Waals surface area contributed by atoms with Crippen molar-refractivity contribution < 1.29 is 28.7 Å². The average molecular weight is 234 g/mol. The molecule has 0 saturated carbocycles. The first kappa shape index (κ1) is 13.2. The summed E-state index contributed by atoms with van der Waals surface area (Å²) >= 11 is 0. The SMILES string of the molecule is NC[C@H](N)C(P(=O)(O)O)P(=O)(O)O. The first-order chi connectivity index (χ1) is 5.60. The van der Waals surface area contributed by atoms with E-state index in [1.807, 2.05) is 0 Å². The van der Waals surface area contributed by atoms with Gasteiger partial charge < -0.3 is 31.0 Å². The van der Waals surface area contributed by atoms with Gasteiger partial charge in [0, 0.05) is 12.6 Å². The molecule has 0 aromatic rings. The summed E-state index contributed by atoms with van der Waals surface area (Å²) in [5.41, 5.74) is 10.0. The quantitative estimate of drug-likeness (QED) is 0.302. The molecule has 0 aliphatic carbocycles. The monoisotopic (exact) mass is 234 g/mol. The number of hydrogen-bond donors (Lipinski definition) is 6. The van der Waals surface area contributed by atoms with E-state index in [1.165, 1.54) is 0 Å². The summed E-state index contributed by atoms with van der Waals surface area (Å²) in [6.07, 6.45) is 0. The highest BCUT2D eigenvalue weighted by atomic mass is 31.2. The Balaban J connectivity index is 5.01. The summed E-state index contributed by atoms with van der Waals surface area (Å²) in [6, 6.07) is -1.43. The van der Waals surface area contributed by atoms with Crippen molar-refractivity contribution in [3.05, 3.63) is 0 Å². The Kier molecular flexibility index (Phi) is 4.23. The van der Waals surface area contributed by atoms with Gasteiger partial charge in [-0.1, -0.05) is 0 Å². The fourth-order valence-electron chi connectivity index (χ4n) is 0.817. The number of hydrogen-bond acceptors (Lipinski definition) is 4. The summed E-state index contributed by atoms with van der Waals surface area (Å²) in [5, 5.41) is -2.22. The molecule has 8 nitrogen and oxygen atoms in total. The minimum absolute atomic E-state index is 0.416. The topological polar surface area (TPSA) is 167 Å². The molecule has 0 spiro atoms. The lowest BCUT2D eigenvalue weighted by molar-refractivity contribution is 0.330. The van der Waals surface area contributed by atoms with Crippen LogP contribution in [-0.4, -0.2) is 37.6 Å². The Morgan fingerprint density at radius 1 is 1.08 bits per heavy atom. The van der Waals surface area contributed by atoms with Crippen LogP contribution in [0.3, 0.4) is 0 Å². The van der Waals surface area contributed by atoms with Crippen LogP contribution in [-0.2, 0) is 9.13 Å². The smallest absolute Gasteiger partial charge is 0.329 e. The van der Waals surface area contributed by atoms with Gasteiger partial charge in [0.1, 0.15) is 0 Å². The van der Waals surface area contributed by atoms with Crippen molar-refractivity contribution in [2.45, 2.75) is 11.4 Å². The third kappa shape index (κ3) is 3.84. The maximum Gasteiger partial charge on any atom is 0.342 e. The molecule has 0 amide bonds. The molecule has 0 aromatic heterocycles. The van der Waals surface area contributed by atoms with Gasteiger partial charge in [-0.2, -0.15) is 0 Å². The van der Waals surface area contributed by atoms with Gasteiger partial charge in [-0.3, -0.25) is 9.13 Å². The Morgan fingerprint density at radius 3 is 1.46 bits per heavy atom. The molecule has 0 aromatic carbocycles. The third-order valence-electron chi connectivity index (χ3n) is 1.34. The highest BCUT2D eigenvalue weighted by Gasteiger charge is 2.46. The van der Waals surface area contributed by atoms with Gasteiger partial charge in [0.2, 0.25) is 0 Å². The molecule has 0 saturated heterocycles. The Hall–Kier alpha value is 0.220. The summed E-state index contributed by atoms with van der Waals surface area (Å²) in [4.78, 5) is 34.4. The molecule has 13 heavy (non-hydrogen) atoms. The van der Waals surface area contributed by atoms with Crippen molar-refractivity contribution in [3.63, 3.8) is 0 Å². The fourth-order valence-corrected chi connectivity index (χ4v) is 3.63. The minimum atomic E-state index is -4.94. The lowest BCUT2D eigenvalue weighted by Crippen LogP contribution is -2.40. The van der Waals surface area contributed by atoms with E-state index in [0.29, 0.717) is 0 Å². The molecule has 10 heteroatoms. The van der Waals surface area contributed by atoms with Crippen molar-refractivity contribution in [2.24, 2.45) is 11.5 Å². The van der Waals surface area contributed by atoms with Gasteiger partial charge in [0.25, 0.3) is 0 Å². The maximum absolute atomic E-state index is 10.6. The van der Waals surface area contributed by atoms with E-state index in [9.17, 15) is 9.13 Å². The summed E-state index contributed by atoms with van der Waals surface area (Å²) in [7, 11) is -9.88. The Labute approximate surface area is 74.3 Å².